The van der Waals surface area contributed by atoms with E-state index in [9.17, 15) is 0 Å². The van der Waals surface area contributed by atoms with Crippen molar-refractivity contribution in [3.8, 4) is 17.3 Å². The van der Waals surface area contributed by atoms with E-state index < -0.39 is 0 Å². The molecule has 0 aliphatic carbocycles. The number of aromatic nitrogens is 1. The molecule has 1 aromatic carbocycles. The number of nitrogens with zero attached hydrogens (tertiary/aromatic N) is 2. The van der Waals surface area contributed by atoms with Crippen LogP contribution in [0.3, 0.4) is 0 Å². The highest BCUT2D eigenvalue weighted by molar-refractivity contribution is 6.35. The van der Waals surface area contributed by atoms with Crippen LogP contribution in [0.5, 0.6) is 0 Å². The van der Waals surface area contributed by atoms with E-state index in [1.54, 1.807) is 18.2 Å². The van der Waals surface area contributed by atoms with Crippen molar-refractivity contribution in [3.05, 3.63) is 52.1 Å². The number of pyridine rings is 1. The second-order valence-electron chi connectivity index (χ2n) is 3.47. The zero-order valence-corrected chi connectivity index (χ0v) is 10.3. The van der Waals surface area contributed by atoms with Gasteiger partial charge in [-0.2, -0.15) is 5.26 Å². The molecule has 0 amide bonds. The van der Waals surface area contributed by atoms with E-state index >= 15 is 0 Å². The zero-order chi connectivity index (χ0) is 12.3. The SMILES string of the molecule is N#CCc1cccc(-c2cc(Cl)ccc2Cl)n1. The van der Waals surface area contributed by atoms with Crippen molar-refractivity contribution in [1.82, 2.24) is 4.98 Å². The van der Waals surface area contributed by atoms with Crippen molar-refractivity contribution in [2.24, 2.45) is 0 Å². The third kappa shape index (κ3) is 2.76. The van der Waals surface area contributed by atoms with E-state index in [4.69, 9.17) is 28.5 Å². The minimum Gasteiger partial charge on any atom is -0.252 e. The van der Waals surface area contributed by atoms with Crippen molar-refractivity contribution in [2.75, 3.05) is 0 Å². The van der Waals surface area contributed by atoms with E-state index in [-0.39, 0.29) is 6.42 Å². The molecule has 0 aliphatic rings. The highest BCUT2D eigenvalue weighted by Gasteiger charge is 2.06. The van der Waals surface area contributed by atoms with Gasteiger partial charge < -0.3 is 0 Å². The van der Waals surface area contributed by atoms with Gasteiger partial charge in [-0.25, -0.2) is 0 Å². The molecule has 0 saturated carbocycles. The Kier molecular flexibility index (Phi) is 3.63. The highest BCUT2D eigenvalue weighted by atomic mass is 35.5. The maximum Gasteiger partial charge on any atom is 0.0774 e. The topological polar surface area (TPSA) is 36.7 Å². The molecule has 1 heterocycles. The minimum atomic E-state index is 0.284. The Morgan fingerprint density at radius 1 is 1.18 bits per heavy atom. The molecule has 0 N–H and O–H groups in total. The van der Waals surface area contributed by atoms with Crippen molar-refractivity contribution in [2.45, 2.75) is 6.42 Å². The second-order valence-corrected chi connectivity index (χ2v) is 4.32. The zero-order valence-electron chi connectivity index (χ0n) is 8.82. The van der Waals surface area contributed by atoms with Gasteiger partial charge in [0.2, 0.25) is 0 Å². The van der Waals surface area contributed by atoms with Crippen molar-refractivity contribution >= 4 is 23.2 Å². The molecule has 0 saturated heterocycles. The van der Waals surface area contributed by atoms with Gasteiger partial charge in [0.15, 0.2) is 0 Å². The molecule has 2 aromatic rings. The second kappa shape index (κ2) is 5.18. The van der Waals surface area contributed by atoms with E-state index in [0.29, 0.717) is 10.0 Å². The molecule has 84 valence electrons. The van der Waals surface area contributed by atoms with Gasteiger partial charge in [-0.1, -0.05) is 29.3 Å². The average molecular weight is 263 g/mol. The summed E-state index contributed by atoms with van der Waals surface area (Å²) in [5.74, 6) is 0. The Labute approximate surface area is 109 Å². The molecule has 1 aromatic heterocycles. The number of benzene rings is 1. The van der Waals surface area contributed by atoms with Crippen LogP contribution in [0.15, 0.2) is 36.4 Å². The van der Waals surface area contributed by atoms with Crippen LogP contribution in [-0.2, 0) is 6.42 Å². The number of hydrogen-bond donors (Lipinski definition) is 0. The summed E-state index contributed by atoms with van der Waals surface area (Å²) in [6.07, 6.45) is 0.284. The number of hydrogen-bond acceptors (Lipinski definition) is 2. The highest BCUT2D eigenvalue weighted by Crippen LogP contribution is 2.29. The Balaban J connectivity index is 2.49. The molecule has 2 rings (SSSR count). The molecule has 0 spiro atoms. The summed E-state index contributed by atoms with van der Waals surface area (Å²) in [5, 5.41) is 9.84. The fourth-order valence-corrected chi connectivity index (χ4v) is 1.89. The third-order valence-corrected chi connectivity index (χ3v) is 2.84. The molecule has 17 heavy (non-hydrogen) atoms. The number of rotatable bonds is 2. The van der Waals surface area contributed by atoms with E-state index in [0.717, 1.165) is 17.0 Å². The Bertz CT molecular complexity index is 588. The lowest BCUT2D eigenvalue weighted by Crippen LogP contribution is -1.91. The third-order valence-electron chi connectivity index (χ3n) is 2.27. The molecule has 0 atom stereocenters. The van der Waals surface area contributed by atoms with Crippen LogP contribution in [-0.4, -0.2) is 4.98 Å². The Morgan fingerprint density at radius 3 is 2.76 bits per heavy atom. The summed E-state index contributed by atoms with van der Waals surface area (Å²) in [6, 6.07) is 12.8. The molecule has 4 heteroatoms. The van der Waals surface area contributed by atoms with Gasteiger partial charge in [-0.15, -0.1) is 0 Å². The van der Waals surface area contributed by atoms with Gasteiger partial charge in [-0.05, 0) is 30.3 Å². The maximum atomic E-state index is 8.64. The molecule has 0 bridgehead atoms. The van der Waals surface area contributed by atoms with E-state index in [1.165, 1.54) is 0 Å². The monoisotopic (exact) mass is 262 g/mol. The Morgan fingerprint density at radius 2 is 2.00 bits per heavy atom. The van der Waals surface area contributed by atoms with E-state index in [2.05, 4.69) is 11.1 Å². The standard InChI is InChI=1S/C13H8Cl2N2/c14-9-4-5-12(15)11(8-9)13-3-1-2-10(17-13)6-7-16/h1-5,8H,6H2. The predicted molar refractivity (Wildman–Crippen MR) is 69.0 cm³/mol. The first-order valence-corrected chi connectivity index (χ1v) is 5.74. The van der Waals surface area contributed by atoms with Crippen LogP contribution in [0, 0.1) is 11.3 Å². The summed E-state index contributed by atoms with van der Waals surface area (Å²) in [7, 11) is 0. The molecular formula is C13H8Cl2N2. The molecule has 0 aliphatic heterocycles. The van der Waals surface area contributed by atoms with Gasteiger partial charge in [0, 0.05) is 10.6 Å². The number of halogens is 2. The van der Waals surface area contributed by atoms with Crippen LogP contribution in [0.2, 0.25) is 10.0 Å². The molecule has 0 radical (unpaired) electrons. The van der Waals surface area contributed by atoms with E-state index in [1.807, 2.05) is 18.2 Å². The smallest absolute Gasteiger partial charge is 0.0774 e. The van der Waals surface area contributed by atoms with Crippen LogP contribution < -0.4 is 0 Å². The largest absolute Gasteiger partial charge is 0.252 e. The predicted octanol–water partition coefficient (Wildman–Crippen LogP) is 4.12. The summed E-state index contributed by atoms with van der Waals surface area (Å²) < 4.78 is 0. The fraction of sp³-hybridized carbons (Fsp3) is 0.0769. The molecular weight excluding hydrogens is 255 g/mol. The van der Waals surface area contributed by atoms with Crippen LogP contribution in [0.25, 0.3) is 11.3 Å². The van der Waals surface area contributed by atoms with Crippen LogP contribution in [0.1, 0.15) is 5.69 Å². The van der Waals surface area contributed by atoms with Crippen molar-refractivity contribution < 1.29 is 0 Å². The Hall–Kier alpha value is -1.56. The van der Waals surface area contributed by atoms with Gasteiger partial charge in [0.05, 0.1) is 28.9 Å². The number of nitriles is 1. The minimum absolute atomic E-state index is 0.284. The molecule has 0 unspecified atom stereocenters. The van der Waals surface area contributed by atoms with Crippen molar-refractivity contribution in [3.63, 3.8) is 0 Å². The van der Waals surface area contributed by atoms with Gasteiger partial charge in [0.1, 0.15) is 0 Å². The van der Waals surface area contributed by atoms with Crippen LogP contribution in [0.4, 0.5) is 0 Å². The van der Waals surface area contributed by atoms with Crippen LogP contribution >= 0.6 is 23.2 Å². The van der Waals surface area contributed by atoms with Gasteiger partial charge in [0.25, 0.3) is 0 Å². The van der Waals surface area contributed by atoms with Gasteiger partial charge >= 0.3 is 0 Å². The maximum absolute atomic E-state index is 8.64. The summed E-state index contributed by atoms with van der Waals surface area (Å²) in [6.45, 7) is 0. The lowest BCUT2D eigenvalue weighted by molar-refractivity contribution is 1.12. The normalized spacial score (nSPS) is 9.94. The lowest BCUT2D eigenvalue weighted by Gasteiger charge is -2.05. The first kappa shape index (κ1) is 11.9. The quantitative estimate of drug-likeness (QED) is 0.817. The first-order chi connectivity index (χ1) is 8.20. The van der Waals surface area contributed by atoms with Crippen molar-refractivity contribution in [1.29, 1.82) is 5.26 Å². The molecule has 2 nitrogen and oxygen atoms in total. The van der Waals surface area contributed by atoms with Gasteiger partial charge in [-0.3, -0.25) is 4.98 Å². The summed E-state index contributed by atoms with van der Waals surface area (Å²) in [5.41, 5.74) is 2.23. The lowest BCUT2D eigenvalue weighted by atomic mass is 10.1. The fourth-order valence-electron chi connectivity index (χ4n) is 1.50. The summed E-state index contributed by atoms with van der Waals surface area (Å²) >= 11 is 12.0. The average Bonchev–Trinajstić information content (AvgIpc) is 2.33. The summed E-state index contributed by atoms with van der Waals surface area (Å²) in [4.78, 5) is 4.37. The first-order valence-electron chi connectivity index (χ1n) is 4.99. The molecule has 0 fully saturated rings.